The van der Waals surface area contributed by atoms with Crippen LogP contribution in [-0.2, 0) is 0 Å². The fraction of sp³-hybridized carbons (Fsp3) is 0.235. The summed E-state index contributed by atoms with van der Waals surface area (Å²) in [6.07, 6.45) is 0. The number of nitrogens with two attached hydrogens (primary N) is 1. The van der Waals surface area contributed by atoms with E-state index in [1.807, 2.05) is 36.0 Å². The largest absolute Gasteiger partial charge is 0.384 e. The van der Waals surface area contributed by atoms with Gasteiger partial charge in [-0.1, -0.05) is 30.3 Å². The van der Waals surface area contributed by atoms with E-state index in [2.05, 4.69) is 36.2 Å². The van der Waals surface area contributed by atoms with E-state index >= 15 is 0 Å². The van der Waals surface area contributed by atoms with E-state index in [4.69, 9.17) is 11.1 Å². The number of nitrogens with zero attached hydrogens (tertiary/aromatic N) is 1. The van der Waals surface area contributed by atoms with Crippen molar-refractivity contribution < 1.29 is 0 Å². The number of para-hydroxylation sites is 1. The van der Waals surface area contributed by atoms with Crippen molar-refractivity contribution in [3.05, 3.63) is 59.7 Å². The fourth-order valence-corrected chi connectivity index (χ4v) is 4.09. The zero-order valence-corrected chi connectivity index (χ0v) is 12.9. The Morgan fingerprint density at radius 3 is 2.76 bits per heavy atom. The number of fused-ring (bicyclic) bond motifs is 1. The molecule has 3 N–H and O–H groups in total. The van der Waals surface area contributed by atoms with Gasteiger partial charge in [-0.15, -0.1) is 11.8 Å². The molecule has 0 aromatic heterocycles. The Morgan fingerprint density at radius 1 is 1.24 bits per heavy atom. The second-order valence-electron chi connectivity index (χ2n) is 5.36. The van der Waals surface area contributed by atoms with Crippen LogP contribution in [0.5, 0.6) is 0 Å². The molecule has 1 heterocycles. The Kier molecular flexibility index (Phi) is 3.88. The van der Waals surface area contributed by atoms with Crippen LogP contribution < -0.4 is 10.6 Å². The van der Waals surface area contributed by atoms with Gasteiger partial charge in [-0.3, -0.25) is 5.41 Å². The van der Waals surface area contributed by atoms with Crippen LogP contribution in [0.25, 0.3) is 0 Å². The lowest BCUT2D eigenvalue weighted by molar-refractivity contribution is 0.744. The molecule has 3 rings (SSSR count). The summed E-state index contributed by atoms with van der Waals surface area (Å²) in [6.45, 7) is 0.939. The number of nitrogen functional groups attached to an aromatic ring is 1. The highest BCUT2D eigenvalue weighted by Crippen LogP contribution is 2.40. The van der Waals surface area contributed by atoms with Crippen molar-refractivity contribution in [2.45, 2.75) is 10.8 Å². The second-order valence-corrected chi connectivity index (χ2v) is 6.42. The van der Waals surface area contributed by atoms with Crippen molar-refractivity contribution in [3.63, 3.8) is 0 Å². The van der Waals surface area contributed by atoms with E-state index in [1.165, 1.54) is 10.5 Å². The number of amidine groups is 1. The molecule has 1 unspecified atom stereocenters. The number of hydrogen-bond acceptors (Lipinski definition) is 3. The number of hydrogen-bond donors (Lipinski definition) is 2. The third-order valence-electron chi connectivity index (χ3n) is 3.90. The maximum atomic E-state index is 7.72. The third kappa shape index (κ3) is 2.76. The smallest absolute Gasteiger partial charge is 0.124 e. The van der Waals surface area contributed by atoms with Crippen molar-refractivity contribution in [1.29, 1.82) is 5.41 Å². The lowest BCUT2D eigenvalue weighted by atomic mass is 10.0. The molecule has 0 saturated carbocycles. The quantitative estimate of drug-likeness (QED) is 0.672. The maximum absolute atomic E-state index is 7.72. The first-order valence-corrected chi connectivity index (χ1v) is 8.01. The predicted molar refractivity (Wildman–Crippen MR) is 90.6 cm³/mol. The Labute approximate surface area is 129 Å². The van der Waals surface area contributed by atoms with Crippen LogP contribution in [-0.4, -0.2) is 25.2 Å². The second kappa shape index (κ2) is 5.82. The predicted octanol–water partition coefficient (Wildman–Crippen LogP) is 3.30. The highest BCUT2D eigenvalue weighted by atomic mass is 32.2. The van der Waals surface area contributed by atoms with Crippen LogP contribution in [0.3, 0.4) is 0 Å². The van der Waals surface area contributed by atoms with Crippen LogP contribution in [0.2, 0.25) is 0 Å². The summed E-state index contributed by atoms with van der Waals surface area (Å²) in [5.74, 6) is 1.77. The van der Waals surface area contributed by atoms with Gasteiger partial charge >= 0.3 is 0 Å². The van der Waals surface area contributed by atoms with Gasteiger partial charge in [-0.05, 0) is 23.8 Å². The molecule has 3 nitrogen and oxygen atoms in total. The molecule has 0 fully saturated rings. The average molecular weight is 297 g/mol. The van der Waals surface area contributed by atoms with E-state index in [0.29, 0.717) is 5.92 Å². The maximum Gasteiger partial charge on any atom is 0.124 e. The summed E-state index contributed by atoms with van der Waals surface area (Å²) < 4.78 is 0. The average Bonchev–Trinajstić information content (AvgIpc) is 2.90. The van der Waals surface area contributed by atoms with E-state index in [0.717, 1.165) is 23.5 Å². The van der Waals surface area contributed by atoms with Gasteiger partial charge in [0.1, 0.15) is 5.84 Å². The standard InChI is InChI=1S/C17H19N3S/c1-20(15-8-4-2-7-14(15)17(18)19)10-12-11-21-16-9-5-3-6-13(12)16/h2-9,12H,10-11H2,1H3,(H3,18,19). The number of anilines is 1. The zero-order chi connectivity index (χ0) is 14.8. The SMILES string of the molecule is CN(CC1CSc2ccccc21)c1ccccc1C(=N)N. The molecule has 0 aliphatic carbocycles. The number of nitrogens with one attached hydrogen (secondary N) is 1. The molecule has 1 aliphatic rings. The highest BCUT2D eigenvalue weighted by Gasteiger charge is 2.24. The van der Waals surface area contributed by atoms with Gasteiger partial charge in [0.2, 0.25) is 0 Å². The number of thioether (sulfide) groups is 1. The molecular weight excluding hydrogens is 278 g/mol. The minimum absolute atomic E-state index is 0.124. The Hall–Kier alpha value is -1.94. The summed E-state index contributed by atoms with van der Waals surface area (Å²) in [5.41, 5.74) is 8.96. The monoisotopic (exact) mass is 297 g/mol. The van der Waals surface area contributed by atoms with Crippen LogP contribution in [0, 0.1) is 5.41 Å². The van der Waals surface area contributed by atoms with Gasteiger partial charge in [-0.25, -0.2) is 0 Å². The van der Waals surface area contributed by atoms with Crippen LogP contribution in [0.15, 0.2) is 53.4 Å². The Morgan fingerprint density at radius 2 is 1.95 bits per heavy atom. The first-order chi connectivity index (χ1) is 10.2. The first kappa shape index (κ1) is 14.0. The first-order valence-electron chi connectivity index (χ1n) is 7.03. The number of rotatable bonds is 4. The van der Waals surface area contributed by atoms with E-state index < -0.39 is 0 Å². The molecule has 108 valence electrons. The highest BCUT2D eigenvalue weighted by molar-refractivity contribution is 7.99. The summed E-state index contributed by atoms with van der Waals surface area (Å²) in [6, 6.07) is 16.5. The van der Waals surface area contributed by atoms with Crippen molar-refractivity contribution in [2.24, 2.45) is 5.73 Å². The minimum atomic E-state index is 0.124. The zero-order valence-electron chi connectivity index (χ0n) is 12.0. The molecule has 2 aromatic carbocycles. The summed E-state index contributed by atoms with van der Waals surface area (Å²) in [4.78, 5) is 3.61. The minimum Gasteiger partial charge on any atom is -0.384 e. The molecular formula is C17H19N3S. The van der Waals surface area contributed by atoms with Crippen molar-refractivity contribution in [1.82, 2.24) is 0 Å². The molecule has 1 atom stereocenters. The van der Waals surface area contributed by atoms with Crippen LogP contribution in [0.1, 0.15) is 17.0 Å². The van der Waals surface area contributed by atoms with Crippen molar-refractivity contribution in [2.75, 3.05) is 24.2 Å². The van der Waals surface area contributed by atoms with E-state index in [9.17, 15) is 0 Å². The van der Waals surface area contributed by atoms with Gasteiger partial charge < -0.3 is 10.6 Å². The molecule has 0 radical (unpaired) electrons. The Bertz CT molecular complexity index is 669. The molecule has 0 amide bonds. The van der Waals surface area contributed by atoms with Crippen LogP contribution in [0.4, 0.5) is 5.69 Å². The third-order valence-corrected chi connectivity index (χ3v) is 5.15. The van der Waals surface area contributed by atoms with Gasteiger partial charge in [0.25, 0.3) is 0 Å². The number of benzene rings is 2. The lowest BCUT2D eigenvalue weighted by Gasteiger charge is -2.25. The Balaban J connectivity index is 1.82. The molecule has 2 aromatic rings. The molecule has 1 aliphatic heterocycles. The van der Waals surface area contributed by atoms with Crippen molar-refractivity contribution in [3.8, 4) is 0 Å². The normalized spacial score (nSPS) is 16.5. The summed E-state index contributed by atoms with van der Waals surface area (Å²) >= 11 is 1.93. The van der Waals surface area contributed by atoms with Gasteiger partial charge in [-0.2, -0.15) is 0 Å². The lowest BCUT2D eigenvalue weighted by Crippen LogP contribution is -2.27. The van der Waals surface area contributed by atoms with Gasteiger partial charge in [0.15, 0.2) is 0 Å². The number of likely N-dealkylation sites (N-methyl/N-ethyl adjacent to an activating group) is 1. The topological polar surface area (TPSA) is 53.1 Å². The van der Waals surface area contributed by atoms with Crippen molar-refractivity contribution >= 4 is 23.3 Å². The fourth-order valence-electron chi connectivity index (χ4n) is 2.84. The molecule has 4 heteroatoms. The van der Waals surface area contributed by atoms with Crippen LogP contribution >= 0.6 is 11.8 Å². The van der Waals surface area contributed by atoms with Gasteiger partial charge in [0.05, 0.1) is 0 Å². The van der Waals surface area contributed by atoms with E-state index in [1.54, 1.807) is 0 Å². The van der Waals surface area contributed by atoms with E-state index in [-0.39, 0.29) is 5.84 Å². The van der Waals surface area contributed by atoms with Gasteiger partial charge in [0, 0.05) is 41.4 Å². The molecule has 0 bridgehead atoms. The molecule has 0 spiro atoms. The summed E-state index contributed by atoms with van der Waals surface area (Å²) in [5, 5.41) is 7.72. The molecule has 21 heavy (non-hydrogen) atoms. The molecule has 0 saturated heterocycles. The summed E-state index contributed by atoms with van der Waals surface area (Å²) in [7, 11) is 2.08.